The molecule has 0 aliphatic heterocycles. The Bertz CT molecular complexity index is 1160. The summed E-state index contributed by atoms with van der Waals surface area (Å²) in [5.41, 5.74) is 0.225. The fraction of sp³-hybridized carbons (Fsp3) is 0.211. The van der Waals surface area contributed by atoms with E-state index in [4.69, 9.17) is 16.3 Å². The molecule has 0 aliphatic carbocycles. The van der Waals surface area contributed by atoms with Crippen LogP contribution in [-0.2, 0) is 4.74 Å². The molecule has 0 bridgehead atoms. The number of benzene rings is 2. The SMILES string of the molecule is CC(C)(C)OC(=O)Nc1ccc2nc(NC(=O)c3cc([N+](=O)[O-])ccc3Cl)sc2c1. The number of halogens is 1. The first kappa shape index (κ1) is 21.5. The topological polar surface area (TPSA) is 123 Å². The van der Waals surface area contributed by atoms with Crippen LogP contribution in [0, 0.1) is 10.1 Å². The zero-order valence-electron chi connectivity index (χ0n) is 16.2. The summed E-state index contributed by atoms with van der Waals surface area (Å²) < 4.78 is 5.93. The third kappa shape index (κ3) is 5.22. The van der Waals surface area contributed by atoms with Crippen molar-refractivity contribution in [1.82, 2.24) is 4.98 Å². The van der Waals surface area contributed by atoms with E-state index in [-0.39, 0.29) is 21.4 Å². The minimum absolute atomic E-state index is 0.0302. The normalized spacial score (nSPS) is 11.2. The van der Waals surface area contributed by atoms with E-state index in [1.54, 1.807) is 39.0 Å². The van der Waals surface area contributed by atoms with Gasteiger partial charge < -0.3 is 4.74 Å². The van der Waals surface area contributed by atoms with Gasteiger partial charge in [0, 0.05) is 17.8 Å². The van der Waals surface area contributed by atoms with Gasteiger partial charge in [0.15, 0.2) is 5.13 Å². The highest BCUT2D eigenvalue weighted by molar-refractivity contribution is 7.22. The highest BCUT2D eigenvalue weighted by Gasteiger charge is 2.18. The number of anilines is 2. The first-order valence-corrected chi connectivity index (χ1v) is 9.87. The number of carbonyl (C=O) groups excluding carboxylic acids is 2. The second-order valence-electron chi connectivity index (χ2n) is 7.20. The molecule has 3 aromatic rings. The van der Waals surface area contributed by atoms with Crippen molar-refractivity contribution in [2.24, 2.45) is 0 Å². The zero-order chi connectivity index (χ0) is 22.1. The van der Waals surface area contributed by atoms with Crippen molar-refractivity contribution in [1.29, 1.82) is 0 Å². The van der Waals surface area contributed by atoms with Crippen molar-refractivity contribution in [2.45, 2.75) is 26.4 Å². The van der Waals surface area contributed by atoms with E-state index in [0.29, 0.717) is 15.9 Å². The molecule has 0 fully saturated rings. The van der Waals surface area contributed by atoms with Crippen molar-refractivity contribution >= 4 is 61.7 Å². The zero-order valence-corrected chi connectivity index (χ0v) is 17.8. The fourth-order valence-electron chi connectivity index (χ4n) is 2.44. The number of hydrogen-bond donors (Lipinski definition) is 2. The van der Waals surface area contributed by atoms with Gasteiger partial charge in [-0.25, -0.2) is 9.78 Å². The molecule has 2 amide bonds. The molecule has 2 N–H and O–H groups in total. The van der Waals surface area contributed by atoms with Gasteiger partial charge in [-0.2, -0.15) is 0 Å². The Morgan fingerprint density at radius 3 is 2.57 bits per heavy atom. The monoisotopic (exact) mass is 448 g/mol. The Morgan fingerprint density at radius 2 is 1.90 bits per heavy atom. The van der Waals surface area contributed by atoms with Crippen LogP contribution in [0.3, 0.4) is 0 Å². The lowest BCUT2D eigenvalue weighted by Crippen LogP contribution is -2.27. The second kappa shape index (κ2) is 8.25. The number of nitro benzene ring substituents is 1. The molecule has 156 valence electrons. The summed E-state index contributed by atoms with van der Waals surface area (Å²) in [7, 11) is 0. The molecule has 1 heterocycles. The Hall–Kier alpha value is -3.24. The molecule has 30 heavy (non-hydrogen) atoms. The highest BCUT2D eigenvalue weighted by Crippen LogP contribution is 2.30. The van der Waals surface area contributed by atoms with Crippen molar-refractivity contribution in [3.63, 3.8) is 0 Å². The van der Waals surface area contributed by atoms with Crippen molar-refractivity contribution in [2.75, 3.05) is 10.6 Å². The number of carbonyl (C=O) groups is 2. The number of rotatable bonds is 4. The maximum absolute atomic E-state index is 12.5. The molecule has 9 nitrogen and oxygen atoms in total. The van der Waals surface area contributed by atoms with Gasteiger partial charge in [-0.05, 0) is 45.0 Å². The number of nitro groups is 1. The quantitative estimate of drug-likeness (QED) is 0.403. The molecular formula is C19H17ClN4O5S. The Kier molecular flexibility index (Phi) is 5.90. The summed E-state index contributed by atoms with van der Waals surface area (Å²) in [6.07, 6.45) is -0.583. The Balaban J connectivity index is 1.78. The maximum atomic E-state index is 12.5. The van der Waals surface area contributed by atoms with E-state index in [0.717, 1.165) is 6.07 Å². The molecule has 0 saturated heterocycles. The van der Waals surface area contributed by atoms with Crippen LogP contribution in [0.5, 0.6) is 0 Å². The van der Waals surface area contributed by atoms with Crippen molar-refractivity contribution < 1.29 is 19.2 Å². The average molecular weight is 449 g/mol. The van der Waals surface area contributed by atoms with Crippen LogP contribution < -0.4 is 10.6 Å². The highest BCUT2D eigenvalue weighted by atomic mass is 35.5. The van der Waals surface area contributed by atoms with Gasteiger partial charge >= 0.3 is 6.09 Å². The van der Waals surface area contributed by atoms with Crippen LogP contribution in [0.1, 0.15) is 31.1 Å². The molecule has 11 heteroatoms. The number of nitrogens with one attached hydrogen (secondary N) is 2. The fourth-order valence-corrected chi connectivity index (χ4v) is 3.55. The molecule has 0 saturated carbocycles. The van der Waals surface area contributed by atoms with E-state index < -0.39 is 22.5 Å². The lowest BCUT2D eigenvalue weighted by molar-refractivity contribution is -0.384. The predicted molar refractivity (Wildman–Crippen MR) is 116 cm³/mol. The summed E-state index contributed by atoms with van der Waals surface area (Å²) in [5, 5.41) is 16.5. The van der Waals surface area contributed by atoms with E-state index >= 15 is 0 Å². The summed E-state index contributed by atoms with van der Waals surface area (Å²) in [6, 6.07) is 8.67. The van der Waals surface area contributed by atoms with Crippen LogP contribution in [0.4, 0.5) is 21.3 Å². The van der Waals surface area contributed by atoms with Crippen LogP contribution >= 0.6 is 22.9 Å². The second-order valence-corrected chi connectivity index (χ2v) is 8.64. The van der Waals surface area contributed by atoms with Crippen LogP contribution in [-0.4, -0.2) is 27.5 Å². The Labute approximate surface area is 180 Å². The van der Waals surface area contributed by atoms with Gasteiger partial charge in [0.2, 0.25) is 0 Å². The molecular weight excluding hydrogens is 432 g/mol. The molecule has 0 atom stereocenters. The number of non-ortho nitro benzene ring substituents is 1. The first-order chi connectivity index (χ1) is 14.0. The minimum Gasteiger partial charge on any atom is -0.444 e. The third-order valence-electron chi connectivity index (χ3n) is 3.66. The standard InChI is InChI=1S/C19H17ClN4O5S/c1-19(2,3)29-18(26)21-10-4-7-14-15(8-10)30-17(22-14)23-16(25)12-9-11(24(27)28)5-6-13(12)20/h4-9H,1-3H3,(H,21,26)(H,22,23,25). The first-order valence-electron chi connectivity index (χ1n) is 8.68. The average Bonchev–Trinajstić information content (AvgIpc) is 3.01. The van der Waals surface area contributed by atoms with Gasteiger partial charge in [0.1, 0.15) is 5.60 Å². The van der Waals surface area contributed by atoms with Gasteiger partial charge in [-0.15, -0.1) is 0 Å². The van der Waals surface area contributed by atoms with E-state index in [1.807, 2.05) is 0 Å². The van der Waals surface area contributed by atoms with Gasteiger partial charge in [0.25, 0.3) is 11.6 Å². The van der Waals surface area contributed by atoms with Gasteiger partial charge in [-0.3, -0.25) is 25.5 Å². The van der Waals surface area contributed by atoms with Crippen LogP contribution in [0.15, 0.2) is 36.4 Å². The summed E-state index contributed by atoms with van der Waals surface area (Å²) >= 11 is 7.18. The lowest BCUT2D eigenvalue weighted by Gasteiger charge is -2.19. The predicted octanol–water partition coefficient (Wildman–Crippen LogP) is 5.46. The smallest absolute Gasteiger partial charge is 0.412 e. The summed E-state index contributed by atoms with van der Waals surface area (Å²) in [4.78, 5) is 39.1. The number of ether oxygens (including phenoxy) is 1. The van der Waals surface area contributed by atoms with Crippen LogP contribution in [0.2, 0.25) is 5.02 Å². The van der Waals surface area contributed by atoms with E-state index in [9.17, 15) is 19.7 Å². The van der Waals surface area contributed by atoms with Gasteiger partial charge in [0.05, 0.1) is 25.7 Å². The molecule has 0 spiro atoms. The van der Waals surface area contributed by atoms with Crippen LogP contribution in [0.25, 0.3) is 10.2 Å². The maximum Gasteiger partial charge on any atom is 0.412 e. The number of amides is 2. The van der Waals surface area contributed by atoms with E-state index in [2.05, 4.69) is 15.6 Å². The van der Waals surface area contributed by atoms with Gasteiger partial charge in [-0.1, -0.05) is 22.9 Å². The number of aromatic nitrogens is 1. The molecule has 0 radical (unpaired) electrons. The molecule has 1 aromatic heterocycles. The summed E-state index contributed by atoms with van der Waals surface area (Å²) in [5.74, 6) is -0.616. The number of fused-ring (bicyclic) bond motifs is 1. The number of nitrogens with zero attached hydrogens (tertiary/aromatic N) is 2. The minimum atomic E-state index is -0.621. The molecule has 0 unspecified atom stereocenters. The molecule has 2 aromatic carbocycles. The Morgan fingerprint density at radius 1 is 1.17 bits per heavy atom. The van der Waals surface area contributed by atoms with E-state index in [1.165, 1.54) is 23.5 Å². The third-order valence-corrected chi connectivity index (χ3v) is 4.92. The molecule has 0 aliphatic rings. The largest absolute Gasteiger partial charge is 0.444 e. The van der Waals surface area contributed by atoms with Crippen molar-refractivity contribution in [3.8, 4) is 0 Å². The summed E-state index contributed by atoms with van der Waals surface area (Å²) in [6.45, 7) is 5.30. The van der Waals surface area contributed by atoms with Crippen molar-refractivity contribution in [3.05, 3.63) is 57.1 Å². The number of hydrogen-bond acceptors (Lipinski definition) is 7. The number of thiazole rings is 1. The molecule has 3 rings (SSSR count). The lowest BCUT2D eigenvalue weighted by atomic mass is 10.2.